The molecule has 33 nitrogen and oxygen atoms in total. The molecule has 6 fully saturated rings. The lowest BCUT2D eigenvalue weighted by atomic mass is 9.80. The normalized spacial score (nSPS) is 32.0. The van der Waals surface area contributed by atoms with Crippen molar-refractivity contribution in [3.8, 4) is 33.8 Å². The molecule has 3 saturated heterocycles. The fraction of sp³-hybridized carbons (Fsp3) is 0.541. The number of benzene rings is 4. The molecule has 113 heavy (non-hydrogen) atoms. The highest BCUT2D eigenvalue weighted by molar-refractivity contribution is 5.89. The summed E-state index contributed by atoms with van der Waals surface area (Å²) in [6, 6.07) is 14.7. The van der Waals surface area contributed by atoms with Gasteiger partial charge in [-0.05, 0) is 81.3 Å². The SMILES string of the molecule is CC1O[C@@H](OC2C(n3cc(-c4ccccc4)nn3)CC(C(=O)NCCNC(=O)C3CC(n4cc(-c5cc(F)c(F)c(F)c5)nn4)C(O)[C@H](O[C@@H]4OC(CO)[C@H](O)C(n5cc(-c6cc(F)c(F)c(F)c6)nn5)C4O)C3)C[C@H]2O[C@@H]2OC(CO)[C@H](O)C(O[C@@H](CC3CCCCC3)C(=O)O)C2OC(=O)c2ccccc2)C(O)C(O)[C@@H]1O. The van der Waals surface area contributed by atoms with E-state index >= 15 is 4.79 Å². The Morgan fingerprint density at radius 3 is 1.59 bits per heavy atom. The number of nitrogens with one attached hydrogen (secondary N) is 2. The smallest absolute Gasteiger partial charge is 0.338 e. The Kier molecular flexibility index (Phi) is 26.1. The number of nitrogens with zero attached hydrogens (tertiary/aromatic N) is 9. The van der Waals surface area contributed by atoms with E-state index in [1.54, 1.807) is 48.5 Å². The highest BCUT2D eigenvalue weighted by Crippen LogP contribution is 2.44. The van der Waals surface area contributed by atoms with Gasteiger partial charge in [0.15, 0.2) is 66.0 Å². The molecular weight excluding hydrogens is 1510 g/mol. The Labute approximate surface area is 639 Å². The zero-order valence-corrected chi connectivity index (χ0v) is 60.3. The molecule has 3 saturated carbocycles. The number of aliphatic hydroxyl groups excluding tert-OH is 9. The van der Waals surface area contributed by atoms with Crippen LogP contribution in [0.4, 0.5) is 26.3 Å². The minimum absolute atomic E-state index is 0.00906. The van der Waals surface area contributed by atoms with Crippen molar-refractivity contribution in [3.05, 3.63) is 144 Å². The van der Waals surface area contributed by atoms with E-state index in [9.17, 15) is 91.8 Å². The molecule has 15 unspecified atom stereocenters. The summed E-state index contributed by atoms with van der Waals surface area (Å²) in [5.74, 6) is -16.2. The highest BCUT2D eigenvalue weighted by atomic mass is 19.2. The van der Waals surface area contributed by atoms with E-state index in [2.05, 4.69) is 41.6 Å². The average Bonchev–Trinajstić information content (AvgIpc) is 1.77. The Bertz CT molecular complexity index is 4380. The minimum Gasteiger partial charge on any atom is -0.479 e. The second-order valence-corrected chi connectivity index (χ2v) is 29.1. The third-order valence-electron chi connectivity index (χ3n) is 21.7. The Hall–Kier alpha value is -8.88. The molecule has 4 aromatic carbocycles. The number of rotatable bonds is 26. The van der Waals surface area contributed by atoms with Crippen molar-refractivity contribution in [2.24, 2.45) is 17.8 Å². The number of hydrogen-bond donors (Lipinski definition) is 12. The molecule has 12 N–H and O–H groups in total. The van der Waals surface area contributed by atoms with E-state index < -0.39 is 231 Å². The zero-order chi connectivity index (χ0) is 80.2. The molecule has 39 heteroatoms. The number of halogens is 6. The van der Waals surface area contributed by atoms with Crippen LogP contribution in [0.2, 0.25) is 0 Å². The van der Waals surface area contributed by atoms with Crippen LogP contribution in [0.25, 0.3) is 33.8 Å². The molecule has 7 aromatic rings. The highest BCUT2D eigenvalue weighted by Gasteiger charge is 2.56. The molecule has 3 aliphatic heterocycles. The first kappa shape index (κ1) is 82.1. The number of carboxylic acids is 1. The molecule has 6 aliphatic rings. The molecule has 6 heterocycles. The maximum absolute atomic E-state index is 15.1. The summed E-state index contributed by atoms with van der Waals surface area (Å²) in [5, 5.41) is 144. The molecule has 3 aliphatic carbocycles. The Morgan fingerprint density at radius 1 is 0.522 bits per heavy atom. The van der Waals surface area contributed by atoms with Gasteiger partial charge in [0.1, 0.15) is 90.3 Å². The largest absolute Gasteiger partial charge is 0.479 e. The van der Waals surface area contributed by atoms with Gasteiger partial charge < -0.3 is 99.6 Å². The number of carboxylic acid groups (broad SMARTS) is 1. The molecule has 0 bridgehead atoms. The number of carbonyl (C=O) groups excluding carboxylic acids is 3. The van der Waals surface area contributed by atoms with Gasteiger partial charge >= 0.3 is 11.9 Å². The van der Waals surface area contributed by atoms with Crippen LogP contribution in [-0.2, 0) is 52.3 Å². The van der Waals surface area contributed by atoms with Crippen molar-refractivity contribution >= 4 is 23.8 Å². The zero-order valence-electron chi connectivity index (χ0n) is 60.3. The summed E-state index contributed by atoms with van der Waals surface area (Å²) >= 11 is 0. The van der Waals surface area contributed by atoms with Crippen LogP contribution in [0.15, 0.2) is 104 Å². The van der Waals surface area contributed by atoms with Crippen molar-refractivity contribution in [1.82, 2.24) is 55.6 Å². The fourth-order valence-corrected chi connectivity index (χ4v) is 15.6. The van der Waals surface area contributed by atoms with E-state index in [1.165, 1.54) is 29.9 Å². The summed E-state index contributed by atoms with van der Waals surface area (Å²) in [6.45, 7) is -1.13. The standard InChI is InChI=1S/C74H85F6N11O22/c1-33-58(94)63(99)64(100)73(106-33)113-65-49(90-28-45(83-87-90)35-13-7-3-8-14-35)25-40(27-51(65)109-74-67(112-71(105)36-15-9-4-10-16-36)66(61(97)54(32-93)111-74)107-52(70(103)104)19-34-11-5-2-6-12-34)69(102)82-18-17-81-68(101)39-24-48(89-29-46(84-86-89)37-20-41(75)55(79)42(76)21-37)59(95)50(26-39)108-72-62(98)57(60(96)53(31-92)110-72)91-30-47(85-88-91)38-22-43(77)56(80)44(78)23-38/h3-4,7-10,13-16,20-23,28-30,33-34,39-40,48-54,57-67,72-74,92-100H,2,5-6,11-12,17-19,24-27,31-32H2,1H3,(H,81,101)(H,82,102)(H,103,104)/t33?,39?,40?,48?,49?,50-,51-,52+,53?,54?,57?,58-,59?,60+,61+,62?,63?,64?,65?,66?,67?,72-,73+,74-/m1/s1. The number of esters is 1. The van der Waals surface area contributed by atoms with E-state index in [-0.39, 0.29) is 66.3 Å². The van der Waals surface area contributed by atoms with Crippen LogP contribution < -0.4 is 10.6 Å². The van der Waals surface area contributed by atoms with Crippen LogP contribution in [0, 0.1) is 52.7 Å². The molecule has 610 valence electrons. The number of ether oxygens (including phenoxy) is 8. The lowest BCUT2D eigenvalue weighted by molar-refractivity contribution is -0.348. The first-order valence-electron chi connectivity index (χ1n) is 37.0. The van der Waals surface area contributed by atoms with Gasteiger partial charge in [-0.3, -0.25) is 9.59 Å². The van der Waals surface area contributed by atoms with E-state index in [4.69, 9.17) is 37.9 Å². The van der Waals surface area contributed by atoms with Crippen molar-refractivity contribution < 1.29 is 134 Å². The number of amides is 2. The van der Waals surface area contributed by atoms with Crippen molar-refractivity contribution in [2.75, 3.05) is 26.3 Å². The molecular formula is C74H85F6N11O22. The van der Waals surface area contributed by atoms with Gasteiger partial charge in [-0.15, -0.1) is 15.3 Å². The lowest BCUT2D eigenvalue weighted by Crippen LogP contribution is -2.64. The molecule has 2 amide bonds. The van der Waals surface area contributed by atoms with Crippen molar-refractivity contribution in [2.45, 2.75) is 206 Å². The van der Waals surface area contributed by atoms with Crippen molar-refractivity contribution in [3.63, 3.8) is 0 Å². The summed E-state index contributed by atoms with van der Waals surface area (Å²) in [6.07, 6.45) is -26.4. The second-order valence-electron chi connectivity index (χ2n) is 29.1. The molecule has 0 radical (unpaired) electrons. The predicted octanol–water partition coefficient (Wildman–Crippen LogP) is 2.27. The number of hydrogen-bond acceptors (Lipinski definition) is 27. The first-order chi connectivity index (χ1) is 54.2. The van der Waals surface area contributed by atoms with Gasteiger partial charge in [-0.25, -0.2) is 50.0 Å². The third kappa shape index (κ3) is 18.1. The number of aliphatic hydroxyl groups is 9. The van der Waals surface area contributed by atoms with Gasteiger partial charge in [-0.1, -0.05) is 96.3 Å². The maximum atomic E-state index is 15.1. The molecule has 13 rings (SSSR count). The topological polar surface area (TPSA) is 461 Å². The molecule has 0 spiro atoms. The van der Waals surface area contributed by atoms with Crippen LogP contribution in [-0.4, -0.2) is 263 Å². The van der Waals surface area contributed by atoms with Crippen molar-refractivity contribution in [1.29, 1.82) is 0 Å². The molecule has 24 atom stereocenters. The fourth-order valence-electron chi connectivity index (χ4n) is 15.6. The number of aliphatic carboxylic acids is 1. The van der Waals surface area contributed by atoms with Gasteiger partial charge in [0.2, 0.25) is 11.8 Å². The summed E-state index contributed by atoms with van der Waals surface area (Å²) in [7, 11) is 0. The Morgan fingerprint density at radius 2 is 1.02 bits per heavy atom. The van der Waals surface area contributed by atoms with E-state index in [0.717, 1.165) is 41.0 Å². The van der Waals surface area contributed by atoms with Crippen LogP contribution in [0.5, 0.6) is 0 Å². The average molecular weight is 1590 g/mol. The predicted molar refractivity (Wildman–Crippen MR) is 370 cm³/mol. The van der Waals surface area contributed by atoms with Crippen LogP contribution in [0.1, 0.15) is 99.6 Å². The van der Waals surface area contributed by atoms with E-state index in [1.807, 2.05) is 0 Å². The summed E-state index contributed by atoms with van der Waals surface area (Å²) < 4.78 is 140. The summed E-state index contributed by atoms with van der Waals surface area (Å²) in [5.41, 5.74) is -0.160. The van der Waals surface area contributed by atoms with E-state index in [0.29, 0.717) is 48.4 Å². The van der Waals surface area contributed by atoms with Gasteiger partial charge in [0.05, 0.1) is 67.8 Å². The minimum atomic E-state index is -2.00. The molecule has 3 aromatic heterocycles. The van der Waals surface area contributed by atoms with Gasteiger partial charge in [0.25, 0.3) is 0 Å². The lowest BCUT2D eigenvalue weighted by Gasteiger charge is -2.48. The number of aromatic nitrogens is 9. The third-order valence-corrected chi connectivity index (χ3v) is 21.7. The summed E-state index contributed by atoms with van der Waals surface area (Å²) in [4.78, 5) is 57.4. The van der Waals surface area contributed by atoms with Gasteiger partial charge in [0, 0.05) is 41.6 Å². The number of carbonyl (C=O) groups is 4. The second kappa shape index (κ2) is 35.9. The van der Waals surface area contributed by atoms with Gasteiger partial charge in [-0.2, -0.15) is 0 Å². The maximum Gasteiger partial charge on any atom is 0.338 e. The first-order valence-corrected chi connectivity index (χ1v) is 37.0. The Balaban J connectivity index is 0.783. The quantitative estimate of drug-likeness (QED) is 0.0160. The van der Waals surface area contributed by atoms with Crippen LogP contribution >= 0.6 is 0 Å². The monoisotopic (exact) mass is 1590 g/mol. The van der Waals surface area contributed by atoms with Crippen LogP contribution in [0.3, 0.4) is 0 Å².